The van der Waals surface area contributed by atoms with Crippen LogP contribution in [-0.2, 0) is 11.3 Å². The molecule has 0 aliphatic rings. The van der Waals surface area contributed by atoms with E-state index in [0.717, 1.165) is 11.0 Å². The zero-order chi connectivity index (χ0) is 19.4. The maximum absolute atomic E-state index is 12.5. The Hall–Kier alpha value is -3.35. The van der Waals surface area contributed by atoms with Gasteiger partial charge in [-0.3, -0.25) is 0 Å². The summed E-state index contributed by atoms with van der Waals surface area (Å²) in [4.78, 5) is 21.5. The molecule has 0 amide bonds. The first kappa shape index (κ1) is 18.4. The van der Waals surface area contributed by atoms with Crippen molar-refractivity contribution in [2.75, 3.05) is 21.3 Å². The molecule has 0 aliphatic carbocycles. The van der Waals surface area contributed by atoms with E-state index in [0.29, 0.717) is 28.6 Å². The highest BCUT2D eigenvalue weighted by atomic mass is 16.5. The lowest BCUT2D eigenvalue weighted by Gasteiger charge is -2.14. The third-order valence-electron chi connectivity index (χ3n) is 4.08. The quantitative estimate of drug-likeness (QED) is 0.618. The highest BCUT2D eigenvalue weighted by Gasteiger charge is 2.18. The number of methoxy groups -OCH3 is 3. The second-order valence-electron chi connectivity index (χ2n) is 5.73. The molecule has 0 saturated carbocycles. The number of fused-ring (bicyclic) bond motifs is 1. The lowest BCUT2D eigenvalue weighted by molar-refractivity contribution is 0.0466. The number of aryl methyl sites for hydroxylation is 1. The first-order chi connectivity index (χ1) is 13.1. The summed E-state index contributed by atoms with van der Waals surface area (Å²) in [6.07, 6.45) is 0. The van der Waals surface area contributed by atoms with E-state index >= 15 is 0 Å². The molecule has 0 bridgehead atoms. The van der Waals surface area contributed by atoms with Crippen LogP contribution in [0.3, 0.4) is 0 Å². The van der Waals surface area contributed by atoms with Gasteiger partial charge in [-0.05, 0) is 31.2 Å². The number of esters is 1. The topological polar surface area (TPSA) is 79.8 Å². The van der Waals surface area contributed by atoms with E-state index < -0.39 is 5.97 Å². The Labute approximate surface area is 156 Å². The summed E-state index contributed by atoms with van der Waals surface area (Å²) in [5.74, 6) is 0.646. The van der Waals surface area contributed by atoms with Crippen molar-refractivity contribution in [2.24, 2.45) is 0 Å². The second-order valence-corrected chi connectivity index (χ2v) is 5.73. The van der Waals surface area contributed by atoms with Gasteiger partial charge in [-0.25, -0.2) is 14.8 Å². The van der Waals surface area contributed by atoms with E-state index in [1.165, 1.54) is 21.3 Å². The molecule has 0 N–H and O–H groups in total. The van der Waals surface area contributed by atoms with E-state index in [4.69, 9.17) is 18.9 Å². The first-order valence-corrected chi connectivity index (χ1v) is 8.26. The van der Waals surface area contributed by atoms with Gasteiger partial charge in [-0.15, -0.1) is 0 Å². The van der Waals surface area contributed by atoms with Gasteiger partial charge < -0.3 is 18.9 Å². The number of ether oxygens (including phenoxy) is 4. The Morgan fingerprint density at radius 2 is 1.52 bits per heavy atom. The molecule has 140 valence electrons. The largest absolute Gasteiger partial charge is 0.493 e. The van der Waals surface area contributed by atoms with E-state index in [1.807, 2.05) is 31.2 Å². The molecule has 7 heteroatoms. The standard InChI is InChI=1S/C20H20N2O5/c1-12-16(22-15-8-6-5-7-14(15)21-12)11-27-20(23)13-9-17(24-2)19(26-4)18(10-13)25-3/h5-10H,11H2,1-4H3. The summed E-state index contributed by atoms with van der Waals surface area (Å²) in [6, 6.07) is 10.6. The summed E-state index contributed by atoms with van der Waals surface area (Å²) in [7, 11) is 4.47. The van der Waals surface area contributed by atoms with Crippen LogP contribution in [0, 0.1) is 6.92 Å². The number of para-hydroxylation sites is 2. The SMILES string of the molecule is COc1cc(C(=O)OCc2nc3ccccc3nc2C)cc(OC)c1OC. The van der Waals surface area contributed by atoms with Crippen molar-refractivity contribution in [3.63, 3.8) is 0 Å². The number of rotatable bonds is 6. The van der Waals surface area contributed by atoms with E-state index in [2.05, 4.69) is 9.97 Å². The molecule has 2 aromatic carbocycles. The number of carbonyl (C=O) groups is 1. The average molecular weight is 368 g/mol. The third-order valence-corrected chi connectivity index (χ3v) is 4.08. The van der Waals surface area contributed by atoms with Crippen LogP contribution in [0.25, 0.3) is 11.0 Å². The number of hydrogen-bond donors (Lipinski definition) is 0. The molecule has 1 aromatic heterocycles. The Morgan fingerprint density at radius 1 is 0.926 bits per heavy atom. The van der Waals surface area contributed by atoms with Gasteiger partial charge in [0.2, 0.25) is 5.75 Å². The van der Waals surface area contributed by atoms with E-state index in [9.17, 15) is 4.79 Å². The lowest BCUT2D eigenvalue weighted by Crippen LogP contribution is -2.09. The Morgan fingerprint density at radius 3 is 2.07 bits per heavy atom. The second kappa shape index (κ2) is 7.90. The van der Waals surface area contributed by atoms with Crippen LogP contribution < -0.4 is 14.2 Å². The number of hydrogen-bond acceptors (Lipinski definition) is 7. The fourth-order valence-corrected chi connectivity index (χ4v) is 2.68. The van der Waals surface area contributed by atoms with Crippen molar-refractivity contribution in [1.82, 2.24) is 9.97 Å². The fraction of sp³-hybridized carbons (Fsp3) is 0.250. The molecule has 27 heavy (non-hydrogen) atoms. The van der Waals surface area contributed by atoms with E-state index in [1.54, 1.807) is 12.1 Å². The number of nitrogens with zero attached hydrogens (tertiary/aromatic N) is 2. The number of carbonyl (C=O) groups excluding carboxylic acids is 1. The molecule has 3 aromatic rings. The van der Waals surface area contributed by atoms with Gasteiger partial charge in [-0.1, -0.05) is 12.1 Å². The Bertz CT molecular complexity index is 962. The first-order valence-electron chi connectivity index (χ1n) is 8.26. The molecule has 0 spiro atoms. The Balaban J connectivity index is 1.83. The fourth-order valence-electron chi connectivity index (χ4n) is 2.68. The summed E-state index contributed by atoms with van der Waals surface area (Å²) in [5.41, 5.74) is 3.16. The van der Waals surface area contributed by atoms with E-state index in [-0.39, 0.29) is 12.2 Å². The molecular formula is C20H20N2O5. The minimum atomic E-state index is -0.524. The number of benzene rings is 2. The van der Waals surface area contributed by atoms with Crippen molar-refractivity contribution in [3.8, 4) is 17.2 Å². The molecule has 0 unspecified atom stereocenters. The lowest BCUT2D eigenvalue weighted by atomic mass is 10.2. The highest BCUT2D eigenvalue weighted by molar-refractivity contribution is 5.91. The van der Waals surface area contributed by atoms with Crippen molar-refractivity contribution >= 4 is 17.0 Å². The summed E-state index contributed by atoms with van der Waals surface area (Å²) in [5, 5.41) is 0. The van der Waals surface area contributed by atoms with Crippen molar-refractivity contribution in [1.29, 1.82) is 0 Å². The van der Waals surface area contributed by atoms with Crippen LogP contribution in [0.2, 0.25) is 0 Å². The van der Waals surface area contributed by atoms with Crippen LogP contribution in [-0.4, -0.2) is 37.3 Å². The maximum Gasteiger partial charge on any atom is 0.338 e. The molecule has 0 atom stereocenters. The van der Waals surface area contributed by atoms with Crippen molar-refractivity contribution in [2.45, 2.75) is 13.5 Å². The van der Waals surface area contributed by atoms with Gasteiger partial charge in [0.05, 0.1) is 49.3 Å². The minimum absolute atomic E-state index is 0.0131. The van der Waals surface area contributed by atoms with Crippen molar-refractivity contribution < 1.29 is 23.7 Å². The Kier molecular flexibility index (Phi) is 5.40. The normalized spacial score (nSPS) is 10.5. The molecule has 0 aliphatic heterocycles. The molecule has 0 fully saturated rings. The summed E-state index contributed by atoms with van der Waals surface area (Å²) < 4.78 is 21.2. The molecule has 1 heterocycles. The van der Waals surface area contributed by atoms with Gasteiger partial charge in [0.15, 0.2) is 11.5 Å². The van der Waals surface area contributed by atoms with Crippen LogP contribution >= 0.6 is 0 Å². The van der Waals surface area contributed by atoms with Crippen LogP contribution in [0.1, 0.15) is 21.7 Å². The predicted octanol–water partition coefficient (Wildman–Crippen LogP) is 3.32. The van der Waals surface area contributed by atoms with Gasteiger partial charge in [-0.2, -0.15) is 0 Å². The van der Waals surface area contributed by atoms with Crippen LogP contribution in [0.15, 0.2) is 36.4 Å². The summed E-state index contributed by atoms with van der Waals surface area (Å²) >= 11 is 0. The molecular weight excluding hydrogens is 348 g/mol. The predicted molar refractivity (Wildman–Crippen MR) is 99.5 cm³/mol. The molecule has 0 saturated heterocycles. The summed E-state index contributed by atoms with van der Waals surface area (Å²) in [6.45, 7) is 1.85. The van der Waals surface area contributed by atoms with Crippen LogP contribution in [0.4, 0.5) is 0 Å². The van der Waals surface area contributed by atoms with Crippen molar-refractivity contribution in [3.05, 3.63) is 53.3 Å². The third kappa shape index (κ3) is 3.76. The van der Waals surface area contributed by atoms with Crippen LogP contribution in [0.5, 0.6) is 17.2 Å². The highest BCUT2D eigenvalue weighted by Crippen LogP contribution is 2.38. The average Bonchev–Trinajstić information content (AvgIpc) is 2.70. The maximum atomic E-state index is 12.5. The zero-order valence-electron chi connectivity index (χ0n) is 15.6. The van der Waals surface area contributed by atoms with Gasteiger partial charge >= 0.3 is 5.97 Å². The minimum Gasteiger partial charge on any atom is -0.493 e. The molecule has 7 nitrogen and oxygen atoms in total. The molecule has 0 radical (unpaired) electrons. The number of aromatic nitrogens is 2. The smallest absolute Gasteiger partial charge is 0.338 e. The monoisotopic (exact) mass is 368 g/mol. The van der Waals surface area contributed by atoms with Gasteiger partial charge in [0.1, 0.15) is 6.61 Å². The van der Waals surface area contributed by atoms with Gasteiger partial charge in [0, 0.05) is 0 Å². The zero-order valence-corrected chi connectivity index (χ0v) is 15.6. The van der Waals surface area contributed by atoms with Gasteiger partial charge in [0.25, 0.3) is 0 Å². The molecule has 3 rings (SSSR count).